The Morgan fingerprint density at radius 1 is 0.330 bits per heavy atom. The quantitative estimate of drug-likeness (QED) is 0.0239. The third-order valence-electron chi connectivity index (χ3n) is 14.6. The molecule has 0 amide bonds. The summed E-state index contributed by atoms with van der Waals surface area (Å²) in [6.07, 6.45) is -18.6. The van der Waals surface area contributed by atoms with E-state index in [4.69, 9.17) is 23.7 Å². The zero-order valence-corrected chi connectivity index (χ0v) is 50.2. The maximum Gasteiger partial charge on any atom is 0.460 e. The fourth-order valence-electron chi connectivity index (χ4n) is 8.64. The van der Waals surface area contributed by atoms with E-state index in [1.54, 1.807) is 0 Å². The summed E-state index contributed by atoms with van der Waals surface area (Å²) in [7, 11) is 0. The predicted molar refractivity (Wildman–Crippen MR) is 280 cm³/mol. The van der Waals surface area contributed by atoms with Crippen LogP contribution in [0, 0.1) is 0 Å². The zero-order valence-electron chi connectivity index (χ0n) is 50.2. The molecule has 0 aliphatic rings. The number of hydrogen-bond acceptors (Lipinski definition) is 8. The van der Waals surface area contributed by atoms with Gasteiger partial charge >= 0.3 is 101 Å². The van der Waals surface area contributed by atoms with E-state index in [0.29, 0.717) is 6.42 Å². The molecule has 0 spiro atoms. The molecule has 0 aromatic heterocycles. The SMILES string of the molecule is CCCCCCCC(=O)OCc1cc(OC(=O)c2ccc(OCCCCCCCCC(F)(F)C(F)(F)C(F)(F)C(F)(F)C(F)(F)C(F)(F)C(F)(F)F)cc2)ccc1OC(=O)c1ccc(OCCCCCCCCC(F)(F)C(F)(F)C(F)(F)C(F)(F)C(F)(F)C(F)(F)C(F)(F)F)cc1. The molecule has 0 radical (unpaired) electrons. The average molecular weight is 1470 g/mol. The number of benzene rings is 3. The van der Waals surface area contributed by atoms with E-state index >= 15 is 0 Å². The van der Waals surface area contributed by atoms with Gasteiger partial charge in [-0.3, -0.25) is 4.79 Å². The summed E-state index contributed by atoms with van der Waals surface area (Å²) in [6, 6.07) is 14.0. The highest BCUT2D eigenvalue weighted by atomic mass is 19.4. The first-order chi connectivity index (χ1) is 44.2. The number of esters is 3. The van der Waals surface area contributed by atoms with Gasteiger partial charge in [-0.25, -0.2) is 9.59 Å². The third kappa shape index (κ3) is 19.3. The van der Waals surface area contributed by atoms with Crippen LogP contribution in [0.5, 0.6) is 23.0 Å². The van der Waals surface area contributed by atoms with Gasteiger partial charge in [-0.2, -0.15) is 132 Å². The maximum absolute atomic E-state index is 14.2. The number of ether oxygens (including phenoxy) is 5. The van der Waals surface area contributed by atoms with Crippen LogP contribution in [0.4, 0.5) is 132 Å². The van der Waals surface area contributed by atoms with Crippen LogP contribution in [0.3, 0.4) is 0 Å². The van der Waals surface area contributed by atoms with Gasteiger partial charge in [0.25, 0.3) is 0 Å². The fourth-order valence-corrected chi connectivity index (χ4v) is 8.64. The van der Waals surface area contributed by atoms with Gasteiger partial charge in [-0.1, -0.05) is 84.0 Å². The smallest absolute Gasteiger partial charge is 0.460 e. The van der Waals surface area contributed by atoms with Crippen molar-refractivity contribution in [2.24, 2.45) is 0 Å². The molecule has 0 atom stereocenters. The molecule has 3 aromatic rings. The van der Waals surface area contributed by atoms with Gasteiger partial charge in [0.1, 0.15) is 29.6 Å². The first-order valence-corrected chi connectivity index (χ1v) is 29.1. The Morgan fingerprint density at radius 2 is 0.639 bits per heavy atom. The van der Waals surface area contributed by atoms with Crippen LogP contribution in [-0.2, 0) is 16.1 Å². The van der Waals surface area contributed by atoms with E-state index in [2.05, 4.69) is 0 Å². The third-order valence-corrected chi connectivity index (χ3v) is 14.6. The number of halogens is 30. The molecular weight excluding hydrogens is 1410 g/mol. The Bertz CT molecular complexity index is 2980. The molecule has 38 heteroatoms. The van der Waals surface area contributed by atoms with Crippen LogP contribution < -0.4 is 18.9 Å². The summed E-state index contributed by atoms with van der Waals surface area (Å²) in [5.41, 5.74) is -0.0675. The molecule has 97 heavy (non-hydrogen) atoms. The minimum atomic E-state index is -8.35. The first kappa shape index (κ1) is 84.8. The maximum atomic E-state index is 14.2. The van der Waals surface area contributed by atoms with Crippen molar-refractivity contribution < 1.29 is 170 Å². The van der Waals surface area contributed by atoms with Gasteiger partial charge in [0, 0.05) is 24.8 Å². The van der Waals surface area contributed by atoms with E-state index in [9.17, 15) is 146 Å². The lowest BCUT2D eigenvalue weighted by Crippen LogP contribution is -2.72. The molecule has 0 N–H and O–H groups in total. The van der Waals surface area contributed by atoms with Gasteiger partial charge in [0.2, 0.25) is 0 Å². The number of unbranched alkanes of at least 4 members (excludes halogenated alkanes) is 14. The second-order valence-corrected chi connectivity index (χ2v) is 22.0. The number of rotatable bonds is 42. The molecule has 0 aliphatic carbocycles. The Morgan fingerprint density at radius 3 is 1.01 bits per heavy atom. The van der Waals surface area contributed by atoms with Crippen molar-refractivity contribution in [3.05, 3.63) is 83.4 Å². The van der Waals surface area contributed by atoms with Crippen LogP contribution >= 0.6 is 0 Å². The second kappa shape index (κ2) is 32.7. The van der Waals surface area contributed by atoms with Crippen molar-refractivity contribution in [3.63, 3.8) is 0 Å². The van der Waals surface area contributed by atoms with Crippen molar-refractivity contribution in [2.45, 2.75) is 225 Å². The summed E-state index contributed by atoms with van der Waals surface area (Å²) in [5.74, 6) is -95.9. The fraction of sp³-hybridized carbons (Fsp3) is 0.644. The predicted octanol–water partition coefficient (Wildman–Crippen LogP) is 21.5. The lowest BCUT2D eigenvalue weighted by atomic mass is 9.89. The number of carbonyl (C=O) groups is 3. The standard InChI is InChI=1S/C59H60F30O8/c1-2-3-4-9-14-19-43(90)95-35-38-34-41(96-44(91)36-20-24-39(25-21-36)93-32-17-12-7-5-10-15-30-46(60,61)48(64,65)50(68,69)52(72,73)54(76,77)56(80,81)58(84,85)86)28-29-42(38)97-45(92)37-22-26-40(27-23-37)94-33-18-13-8-6-11-16-31-47(62,63)49(66,67)51(70,71)53(74,75)55(78,79)57(82,83)59(87,88)89/h20-29,34H,2-19,30-33,35H2,1H3. The topological polar surface area (TPSA) is 97.4 Å². The molecule has 0 aliphatic heterocycles. The normalized spacial score (nSPS) is 14.0. The van der Waals surface area contributed by atoms with Gasteiger partial charge in [0.15, 0.2) is 0 Å². The molecular formula is C59H60F30O8. The minimum absolute atomic E-state index is 0.0338. The minimum Gasteiger partial charge on any atom is -0.494 e. The van der Waals surface area contributed by atoms with Crippen molar-refractivity contribution in [1.29, 1.82) is 0 Å². The summed E-state index contributed by atoms with van der Waals surface area (Å²) >= 11 is 0. The van der Waals surface area contributed by atoms with E-state index < -0.39 is 146 Å². The molecule has 3 rings (SSSR count). The number of alkyl halides is 30. The number of carbonyl (C=O) groups excluding carboxylic acids is 3. The molecule has 0 heterocycles. The Kier molecular flexibility index (Phi) is 28.6. The molecule has 8 nitrogen and oxygen atoms in total. The van der Waals surface area contributed by atoms with Crippen LogP contribution in [0.15, 0.2) is 66.7 Å². The summed E-state index contributed by atoms with van der Waals surface area (Å²) < 4.78 is 431. The Hall–Kier alpha value is -6.43. The van der Waals surface area contributed by atoms with Crippen molar-refractivity contribution in [3.8, 4) is 23.0 Å². The highest BCUT2D eigenvalue weighted by Crippen LogP contribution is 2.65. The first-order valence-electron chi connectivity index (χ1n) is 29.1. The molecule has 554 valence electrons. The summed E-state index contributed by atoms with van der Waals surface area (Å²) in [5, 5.41) is 0. The largest absolute Gasteiger partial charge is 0.494 e. The molecule has 0 unspecified atom stereocenters. The van der Waals surface area contributed by atoms with Crippen LogP contribution in [0.2, 0.25) is 0 Å². The monoisotopic (exact) mass is 1470 g/mol. The van der Waals surface area contributed by atoms with Crippen LogP contribution in [0.1, 0.15) is 162 Å². The van der Waals surface area contributed by atoms with E-state index in [1.807, 2.05) is 6.92 Å². The zero-order chi connectivity index (χ0) is 74.4. The van der Waals surface area contributed by atoms with Gasteiger partial charge in [0.05, 0.1) is 24.3 Å². The molecule has 0 bridgehead atoms. The van der Waals surface area contributed by atoms with E-state index in [-0.39, 0.29) is 111 Å². The lowest BCUT2D eigenvalue weighted by Gasteiger charge is -2.41. The van der Waals surface area contributed by atoms with Crippen molar-refractivity contribution in [2.75, 3.05) is 13.2 Å². The van der Waals surface area contributed by atoms with Crippen molar-refractivity contribution >= 4 is 17.9 Å². The van der Waals surface area contributed by atoms with E-state index in [1.165, 1.54) is 66.7 Å². The summed E-state index contributed by atoms with van der Waals surface area (Å²) in [6.45, 7) is 1.42. The van der Waals surface area contributed by atoms with Gasteiger partial charge in [-0.05, 0) is 98.8 Å². The molecule has 0 fully saturated rings. The van der Waals surface area contributed by atoms with Gasteiger partial charge in [-0.15, -0.1) is 0 Å². The number of hydrogen-bond donors (Lipinski definition) is 0. The van der Waals surface area contributed by atoms with Crippen LogP contribution in [-0.4, -0.2) is 115 Å². The van der Waals surface area contributed by atoms with E-state index in [0.717, 1.165) is 25.7 Å². The Labute approximate surface area is 532 Å². The second-order valence-electron chi connectivity index (χ2n) is 22.0. The highest BCUT2D eigenvalue weighted by molar-refractivity contribution is 5.92. The highest BCUT2D eigenvalue weighted by Gasteiger charge is 2.94. The van der Waals surface area contributed by atoms with Gasteiger partial charge < -0.3 is 23.7 Å². The molecule has 3 aromatic carbocycles. The average Bonchev–Trinajstić information content (AvgIpc) is 0.710. The molecule has 0 saturated carbocycles. The summed E-state index contributed by atoms with van der Waals surface area (Å²) in [4.78, 5) is 39.1. The molecule has 0 saturated heterocycles. The lowest BCUT2D eigenvalue weighted by molar-refractivity contribution is -0.452. The van der Waals surface area contributed by atoms with Crippen molar-refractivity contribution in [1.82, 2.24) is 0 Å². The Balaban J connectivity index is 1.52. The van der Waals surface area contributed by atoms with Crippen LogP contribution in [0.25, 0.3) is 0 Å².